The number of sulfone groups is 1. The van der Waals surface area contributed by atoms with Gasteiger partial charge in [-0.25, -0.2) is 8.42 Å². The van der Waals surface area contributed by atoms with Crippen LogP contribution in [0.1, 0.15) is 32.6 Å². The Balaban J connectivity index is 2.09. The first-order chi connectivity index (χ1) is 6.59. The molecule has 0 bridgehead atoms. The topological polar surface area (TPSA) is 46.2 Å². The second-order valence-electron chi connectivity index (χ2n) is 4.71. The molecule has 1 N–H and O–H groups in total. The van der Waals surface area contributed by atoms with Gasteiger partial charge in [-0.15, -0.1) is 0 Å². The Bertz CT molecular complexity index is 299. The normalized spacial score (nSPS) is 42.5. The zero-order valence-electron chi connectivity index (χ0n) is 8.70. The lowest BCUT2D eigenvalue weighted by atomic mass is 9.98. The van der Waals surface area contributed by atoms with Crippen LogP contribution in [0.3, 0.4) is 0 Å². The Kier molecular flexibility index (Phi) is 2.84. The third-order valence-corrected chi connectivity index (χ3v) is 5.94. The van der Waals surface area contributed by atoms with E-state index in [0.29, 0.717) is 17.7 Å². The molecule has 2 heterocycles. The lowest BCUT2D eigenvalue weighted by Crippen LogP contribution is -2.36. The minimum Gasteiger partial charge on any atom is -0.314 e. The Hall–Kier alpha value is -0.0900. The summed E-state index contributed by atoms with van der Waals surface area (Å²) in [6, 6.07) is 0.497. The van der Waals surface area contributed by atoms with Gasteiger partial charge in [0.1, 0.15) is 0 Å². The van der Waals surface area contributed by atoms with Crippen LogP contribution in [0.15, 0.2) is 0 Å². The highest BCUT2D eigenvalue weighted by molar-refractivity contribution is 7.92. The van der Waals surface area contributed by atoms with E-state index in [1.54, 1.807) is 0 Å². The fourth-order valence-electron chi connectivity index (χ4n) is 2.77. The minimum absolute atomic E-state index is 0.0475. The molecule has 0 aromatic heterocycles. The molecule has 14 heavy (non-hydrogen) atoms. The van der Waals surface area contributed by atoms with Gasteiger partial charge in [0, 0.05) is 6.04 Å². The Labute approximate surface area is 86.2 Å². The molecule has 3 atom stereocenters. The maximum atomic E-state index is 11.8. The first-order valence-corrected chi connectivity index (χ1v) is 7.26. The summed E-state index contributed by atoms with van der Waals surface area (Å²) >= 11 is 0. The summed E-state index contributed by atoms with van der Waals surface area (Å²) in [5, 5.41) is 3.29. The highest BCUT2D eigenvalue weighted by Crippen LogP contribution is 2.30. The molecule has 0 amide bonds. The Morgan fingerprint density at radius 3 is 2.64 bits per heavy atom. The third kappa shape index (κ3) is 1.96. The molecule has 2 saturated heterocycles. The number of hydrogen-bond donors (Lipinski definition) is 1. The van der Waals surface area contributed by atoms with Gasteiger partial charge in [0.05, 0.1) is 11.0 Å². The Morgan fingerprint density at radius 1 is 1.29 bits per heavy atom. The first-order valence-electron chi connectivity index (χ1n) is 5.54. The Morgan fingerprint density at radius 2 is 2.07 bits per heavy atom. The quantitative estimate of drug-likeness (QED) is 0.711. The van der Waals surface area contributed by atoms with Crippen molar-refractivity contribution in [1.82, 2.24) is 5.32 Å². The van der Waals surface area contributed by atoms with Crippen LogP contribution < -0.4 is 5.32 Å². The fraction of sp³-hybridized carbons (Fsp3) is 1.00. The molecule has 2 aliphatic heterocycles. The third-order valence-electron chi connectivity index (χ3n) is 3.54. The van der Waals surface area contributed by atoms with E-state index in [0.717, 1.165) is 32.2 Å². The summed E-state index contributed by atoms with van der Waals surface area (Å²) in [7, 11) is -2.77. The van der Waals surface area contributed by atoms with Crippen molar-refractivity contribution < 1.29 is 8.42 Å². The molecule has 3 nitrogen and oxygen atoms in total. The van der Waals surface area contributed by atoms with Crippen molar-refractivity contribution in [3.05, 3.63) is 0 Å². The SMILES string of the molecule is CC1CC(C2CCCCS2(=O)=O)CN1. The maximum absolute atomic E-state index is 11.8. The van der Waals surface area contributed by atoms with Gasteiger partial charge in [-0.2, -0.15) is 0 Å². The minimum atomic E-state index is -2.77. The van der Waals surface area contributed by atoms with Crippen LogP contribution in [-0.4, -0.2) is 32.0 Å². The number of hydrogen-bond acceptors (Lipinski definition) is 3. The van der Waals surface area contributed by atoms with Gasteiger partial charge in [-0.05, 0) is 38.6 Å². The average Bonchev–Trinajstić information content (AvgIpc) is 2.51. The van der Waals surface area contributed by atoms with Crippen molar-refractivity contribution in [2.75, 3.05) is 12.3 Å². The van der Waals surface area contributed by atoms with Gasteiger partial charge in [0.15, 0.2) is 9.84 Å². The van der Waals surface area contributed by atoms with E-state index in [1.165, 1.54) is 0 Å². The molecule has 4 heteroatoms. The summed E-state index contributed by atoms with van der Waals surface area (Å²) < 4.78 is 23.7. The molecule has 0 spiro atoms. The summed E-state index contributed by atoms with van der Waals surface area (Å²) in [6.45, 7) is 3.03. The molecule has 82 valence electrons. The van der Waals surface area contributed by atoms with E-state index < -0.39 is 9.84 Å². The predicted octanol–water partition coefficient (Wildman–Crippen LogP) is 0.952. The van der Waals surface area contributed by atoms with Crippen LogP contribution in [-0.2, 0) is 9.84 Å². The molecule has 0 aliphatic carbocycles. The predicted molar refractivity (Wildman–Crippen MR) is 57.0 cm³/mol. The zero-order valence-corrected chi connectivity index (χ0v) is 9.52. The van der Waals surface area contributed by atoms with Crippen LogP contribution in [0.5, 0.6) is 0 Å². The lowest BCUT2D eigenvalue weighted by molar-refractivity contribution is 0.451. The van der Waals surface area contributed by atoms with Gasteiger partial charge in [-0.1, -0.05) is 6.42 Å². The van der Waals surface area contributed by atoms with E-state index in [2.05, 4.69) is 12.2 Å². The zero-order chi connectivity index (χ0) is 10.2. The van der Waals surface area contributed by atoms with Crippen LogP contribution >= 0.6 is 0 Å². The fourth-order valence-corrected chi connectivity index (χ4v) is 4.99. The molecule has 0 aromatic carbocycles. The smallest absolute Gasteiger partial charge is 0.153 e. The average molecular weight is 217 g/mol. The van der Waals surface area contributed by atoms with Gasteiger partial charge in [0.2, 0.25) is 0 Å². The standard InChI is InChI=1S/C10H19NO2S/c1-8-6-9(7-11-8)10-4-2-3-5-14(10,12)13/h8-11H,2-7H2,1H3. The van der Waals surface area contributed by atoms with Gasteiger partial charge in [-0.3, -0.25) is 0 Å². The van der Waals surface area contributed by atoms with Crippen molar-refractivity contribution in [1.29, 1.82) is 0 Å². The van der Waals surface area contributed by atoms with Crippen molar-refractivity contribution in [3.63, 3.8) is 0 Å². The first kappa shape index (κ1) is 10.4. The highest BCUT2D eigenvalue weighted by Gasteiger charge is 2.38. The van der Waals surface area contributed by atoms with Crippen molar-refractivity contribution in [2.24, 2.45) is 5.92 Å². The van der Waals surface area contributed by atoms with Crippen molar-refractivity contribution in [3.8, 4) is 0 Å². The monoisotopic (exact) mass is 217 g/mol. The van der Waals surface area contributed by atoms with Crippen LogP contribution in [0.2, 0.25) is 0 Å². The molecule has 0 radical (unpaired) electrons. The molecule has 0 aromatic rings. The molecule has 2 rings (SSSR count). The van der Waals surface area contributed by atoms with E-state index in [4.69, 9.17) is 0 Å². The highest BCUT2D eigenvalue weighted by atomic mass is 32.2. The van der Waals surface area contributed by atoms with Gasteiger partial charge in [0.25, 0.3) is 0 Å². The summed E-state index contributed by atoms with van der Waals surface area (Å²) in [6.07, 6.45) is 3.88. The van der Waals surface area contributed by atoms with E-state index in [9.17, 15) is 8.42 Å². The molecule has 2 aliphatic rings. The molecule has 0 saturated carbocycles. The second kappa shape index (κ2) is 3.81. The van der Waals surface area contributed by atoms with Crippen LogP contribution in [0.4, 0.5) is 0 Å². The number of nitrogens with one attached hydrogen (secondary N) is 1. The van der Waals surface area contributed by atoms with Crippen LogP contribution in [0.25, 0.3) is 0 Å². The van der Waals surface area contributed by atoms with Crippen molar-refractivity contribution in [2.45, 2.75) is 43.9 Å². The molecule has 3 unspecified atom stereocenters. The maximum Gasteiger partial charge on any atom is 0.153 e. The second-order valence-corrected chi connectivity index (χ2v) is 7.05. The van der Waals surface area contributed by atoms with E-state index >= 15 is 0 Å². The summed E-state index contributed by atoms with van der Waals surface area (Å²) in [5.41, 5.74) is 0. The summed E-state index contributed by atoms with van der Waals surface area (Å²) in [4.78, 5) is 0. The summed E-state index contributed by atoms with van der Waals surface area (Å²) in [5.74, 6) is 0.790. The van der Waals surface area contributed by atoms with Crippen molar-refractivity contribution >= 4 is 9.84 Å². The number of rotatable bonds is 1. The molecule has 2 fully saturated rings. The molecular weight excluding hydrogens is 198 g/mol. The van der Waals surface area contributed by atoms with Gasteiger partial charge < -0.3 is 5.32 Å². The van der Waals surface area contributed by atoms with E-state index in [1.807, 2.05) is 0 Å². The largest absolute Gasteiger partial charge is 0.314 e. The van der Waals surface area contributed by atoms with Gasteiger partial charge >= 0.3 is 0 Å². The van der Waals surface area contributed by atoms with Crippen LogP contribution in [0, 0.1) is 5.92 Å². The van der Waals surface area contributed by atoms with E-state index in [-0.39, 0.29) is 5.25 Å². The molecular formula is C10H19NO2S. The lowest BCUT2D eigenvalue weighted by Gasteiger charge is -2.26.